The van der Waals surface area contributed by atoms with Crippen LogP contribution in [0.4, 0.5) is 0 Å². The molecule has 6 heteroatoms. The van der Waals surface area contributed by atoms with Crippen LogP contribution in [-0.2, 0) is 23.9 Å². The molecule has 0 aromatic carbocycles. The molecule has 1 aliphatic heterocycles. The summed E-state index contributed by atoms with van der Waals surface area (Å²) >= 11 is 0. The third-order valence-electron chi connectivity index (χ3n) is 6.75. The lowest BCUT2D eigenvalue weighted by Crippen LogP contribution is -2.65. The summed E-state index contributed by atoms with van der Waals surface area (Å²) in [5.41, 5.74) is -1.35. The predicted octanol–water partition coefficient (Wildman–Crippen LogP) is 3.72. The highest BCUT2D eigenvalue weighted by Crippen LogP contribution is 2.65. The van der Waals surface area contributed by atoms with Crippen LogP contribution in [-0.4, -0.2) is 34.2 Å². The summed E-state index contributed by atoms with van der Waals surface area (Å²) in [6, 6.07) is 0. The first-order chi connectivity index (χ1) is 13.1. The van der Waals surface area contributed by atoms with E-state index in [1.807, 2.05) is 13.8 Å². The minimum absolute atomic E-state index is 0.185. The van der Waals surface area contributed by atoms with Crippen molar-refractivity contribution < 1.29 is 29.0 Å². The molecular weight excluding hydrogens is 360 g/mol. The van der Waals surface area contributed by atoms with Crippen molar-refractivity contribution in [2.75, 3.05) is 0 Å². The molecule has 2 aliphatic carbocycles. The zero-order valence-corrected chi connectivity index (χ0v) is 16.9. The van der Waals surface area contributed by atoms with Crippen LogP contribution in [0.5, 0.6) is 0 Å². The van der Waals surface area contributed by atoms with E-state index in [9.17, 15) is 14.4 Å². The zero-order chi connectivity index (χ0) is 20.7. The minimum Gasteiger partial charge on any atom is -0.478 e. The Morgan fingerprint density at radius 1 is 1.32 bits per heavy atom. The second kappa shape index (κ2) is 6.90. The zero-order valence-electron chi connectivity index (χ0n) is 16.9. The molecule has 1 saturated heterocycles. The van der Waals surface area contributed by atoms with E-state index < -0.39 is 28.6 Å². The Morgan fingerprint density at radius 2 is 2.04 bits per heavy atom. The number of aliphatic carboxylic acids is 1. The largest absolute Gasteiger partial charge is 0.478 e. The van der Waals surface area contributed by atoms with E-state index in [1.165, 1.54) is 25.5 Å². The molecule has 2 fully saturated rings. The van der Waals surface area contributed by atoms with Gasteiger partial charge in [-0.25, -0.2) is 4.79 Å². The van der Waals surface area contributed by atoms with Crippen LogP contribution in [0.15, 0.2) is 35.5 Å². The number of rotatable bonds is 4. The summed E-state index contributed by atoms with van der Waals surface area (Å²) in [5.74, 6) is -1.91. The monoisotopic (exact) mass is 388 g/mol. The summed E-state index contributed by atoms with van der Waals surface area (Å²) in [7, 11) is 0. The van der Waals surface area contributed by atoms with Gasteiger partial charge in [0.05, 0.1) is 0 Å². The Kier molecular flexibility index (Phi) is 5.02. The van der Waals surface area contributed by atoms with E-state index in [-0.39, 0.29) is 17.5 Å². The third kappa shape index (κ3) is 2.99. The molecule has 6 nitrogen and oxygen atoms in total. The lowest BCUT2D eigenvalue weighted by molar-refractivity contribution is -0.235. The van der Waals surface area contributed by atoms with Crippen LogP contribution >= 0.6 is 0 Å². The molecule has 28 heavy (non-hydrogen) atoms. The van der Waals surface area contributed by atoms with Crippen LogP contribution in [0, 0.1) is 11.3 Å². The van der Waals surface area contributed by atoms with Crippen molar-refractivity contribution >= 4 is 17.9 Å². The van der Waals surface area contributed by atoms with Gasteiger partial charge in [0.1, 0.15) is 16.6 Å². The highest BCUT2D eigenvalue weighted by molar-refractivity contribution is 5.86. The highest BCUT2D eigenvalue weighted by Gasteiger charge is 2.74. The van der Waals surface area contributed by atoms with E-state index >= 15 is 0 Å². The Labute approximate surface area is 165 Å². The molecule has 1 heterocycles. The number of hydrogen-bond acceptors (Lipinski definition) is 5. The summed E-state index contributed by atoms with van der Waals surface area (Å²) < 4.78 is 11.9. The SMILES string of the molecule is CC(=O)OC12CCC(C)=CCC13CCC2C(C)(/C=C/C=C(/C)C(=O)O)OC3=O. The number of allylic oxidation sites excluding steroid dienone is 4. The van der Waals surface area contributed by atoms with E-state index in [2.05, 4.69) is 6.08 Å². The smallest absolute Gasteiger partial charge is 0.331 e. The van der Waals surface area contributed by atoms with Crippen LogP contribution in [0.2, 0.25) is 0 Å². The van der Waals surface area contributed by atoms with E-state index in [1.54, 1.807) is 12.2 Å². The predicted molar refractivity (Wildman–Crippen MR) is 102 cm³/mol. The van der Waals surface area contributed by atoms with E-state index in [4.69, 9.17) is 14.6 Å². The van der Waals surface area contributed by atoms with Crippen molar-refractivity contribution in [1.29, 1.82) is 0 Å². The van der Waals surface area contributed by atoms with Gasteiger partial charge in [-0.15, -0.1) is 0 Å². The van der Waals surface area contributed by atoms with E-state index in [0.717, 1.165) is 6.42 Å². The Balaban J connectivity index is 2.07. The maximum Gasteiger partial charge on any atom is 0.331 e. The fourth-order valence-corrected chi connectivity index (χ4v) is 5.25. The number of cyclic esters (lactones) is 1. The summed E-state index contributed by atoms with van der Waals surface area (Å²) in [4.78, 5) is 36.4. The highest BCUT2D eigenvalue weighted by atomic mass is 16.6. The summed E-state index contributed by atoms with van der Waals surface area (Å²) in [6.07, 6.45) is 10.1. The molecule has 0 radical (unpaired) electrons. The quantitative estimate of drug-likeness (QED) is 0.342. The molecule has 4 unspecified atom stereocenters. The third-order valence-corrected chi connectivity index (χ3v) is 6.75. The molecule has 0 amide bonds. The molecule has 0 aromatic heterocycles. The molecule has 152 valence electrons. The Bertz CT molecular complexity index is 806. The molecule has 1 saturated carbocycles. The lowest BCUT2D eigenvalue weighted by Gasteiger charge is -2.54. The number of esters is 2. The van der Waals surface area contributed by atoms with Gasteiger partial charge in [0.2, 0.25) is 0 Å². The molecule has 2 bridgehead atoms. The van der Waals surface area contributed by atoms with Gasteiger partial charge >= 0.3 is 17.9 Å². The maximum atomic E-state index is 13.3. The van der Waals surface area contributed by atoms with Crippen molar-refractivity contribution in [2.24, 2.45) is 11.3 Å². The maximum absolute atomic E-state index is 13.3. The van der Waals surface area contributed by atoms with Crippen molar-refractivity contribution in [3.05, 3.63) is 35.5 Å². The average molecular weight is 388 g/mol. The number of carbonyl (C=O) groups is 3. The van der Waals surface area contributed by atoms with Crippen LogP contribution in [0.1, 0.15) is 59.8 Å². The summed E-state index contributed by atoms with van der Waals surface area (Å²) in [6.45, 7) is 6.75. The van der Waals surface area contributed by atoms with E-state index in [0.29, 0.717) is 25.7 Å². The van der Waals surface area contributed by atoms with Gasteiger partial charge in [-0.1, -0.05) is 23.8 Å². The molecule has 0 aromatic rings. The second-order valence-electron chi connectivity index (χ2n) is 8.50. The topological polar surface area (TPSA) is 89.9 Å². The Hall–Kier alpha value is -2.37. The summed E-state index contributed by atoms with van der Waals surface area (Å²) in [5, 5.41) is 9.03. The first-order valence-electron chi connectivity index (χ1n) is 9.74. The molecule has 1 N–H and O–H groups in total. The van der Waals surface area contributed by atoms with Gasteiger partial charge in [0, 0.05) is 18.4 Å². The normalized spacial score (nSPS) is 37.7. The molecule has 3 rings (SSSR count). The van der Waals surface area contributed by atoms with Crippen molar-refractivity contribution in [3.63, 3.8) is 0 Å². The Morgan fingerprint density at radius 3 is 2.68 bits per heavy atom. The van der Waals surface area contributed by atoms with Crippen LogP contribution in [0.25, 0.3) is 0 Å². The first kappa shape index (κ1) is 20.4. The van der Waals surface area contributed by atoms with Gasteiger partial charge in [0.25, 0.3) is 0 Å². The van der Waals surface area contributed by atoms with Crippen molar-refractivity contribution in [1.82, 2.24) is 0 Å². The molecule has 0 spiro atoms. The molecule has 4 atom stereocenters. The van der Waals surface area contributed by atoms with Crippen LogP contribution < -0.4 is 0 Å². The fraction of sp³-hybridized carbons (Fsp3) is 0.591. The number of carboxylic acid groups (broad SMARTS) is 1. The standard InChI is InChI=1S/C22H28O6/c1-14-7-11-21-12-9-17(22(21,13-8-14)27-16(3)23)20(4,28-19(21)26)10-5-6-15(2)18(24)25/h5-7,10,17H,8-9,11-13H2,1-4H3,(H,24,25)/b10-5+,15-6-. The molecule has 3 aliphatic rings. The molecular formula is C22H28O6. The number of carbonyl (C=O) groups excluding carboxylic acids is 2. The van der Waals surface area contributed by atoms with Crippen molar-refractivity contribution in [3.8, 4) is 0 Å². The van der Waals surface area contributed by atoms with Gasteiger partial charge in [0.15, 0.2) is 0 Å². The van der Waals surface area contributed by atoms with Crippen LogP contribution in [0.3, 0.4) is 0 Å². The van der Waals surface area contributed by atoms with Gasteiger partial charge in [-0.2, -0.15) is 0 Å². The van der Waals surface area contributed by atoms with Gasteiger partial charge in [-0.3, -0.25) is 9.59 Å². The first-order valence-corrected chi connectivity index (χ1v) is 9.74. The van der Waals surface area contributed by atoms with Gasteiger partial charge in [-0.05, 0) is 59.0 Å². The average Bonchev–Trinajstić information content (AvgIpc) is 2.77. The second-order valence-corrected chi connectivity index (χ2v) is 8.50. The number of hydrogen-bond donors (Lipinski definition) is 1. The lowest BCUT2D eigenvalue weighted by atomic mass is 9.62. The fourth-order valence-electron chi connectivity index (χ4n) is 5.25. The number of ether oxygens (including phenoxy) is 2. The van der Waals surface area contributed by atoms with Gasteiger partial charge < -0.3 is 14.6 Å². The van der Waals surface area contributed by atoms with Crippen molar-refractivity contribution in [2.45, 2.75) is 71.0 Å². The number of carboxylic acids is 1. The minimum atomic E-state index is -1.00.